The monoisotopic (exact) mass is 249 g/mol. The molecule has 1 saturated carbocycles. The van der Waals surface area contributed by atoms with Gasteiger partial charge >= 0.3 is 0 Å². The largest absolute Gasteiger partial charge is 0.310 e. The first-order valence-corrected chi connectivity index (χ1v) is 7.44. The van der Waals surface area contributed by atoms with Crippen LogP contribution in [0.1, 0.15) is 62.7 Å². The van der Waals surface area contributed by atoms with E-state index in [0.717, 1.165) is 12.5 Å². The van der Waals surface area contributed by atoms with Gasteiger partial charge in [-0.1, -0.05) is 39.0 Å². The van der Waals surface area contributed by atoms with E-state index in [1.165, 1.54) is 49.8 Å². The highest BCUT2D eigenvalue weighted by Gasteiger charge is 2.22. The van der Waals surface area contributed by atoms with Gasteiger partial charge in [0.15, 0.2) is 0 Å². The highest BCUT2D eigenvalue weighted by Crippen LogP contribution is 2.32. The molecule has 1 fully saturated rings. The number of aryl methyl sites for hydroxylation is 2. The summed E-state index contributed by atoms with van der Waals surface area (Å²) in [6, 6.07) is 0.492. The zero-order valence-electron chi connectivity index (χ0n) is 12.1. The first-order valence-electron chi connectivity index (χ1n) is 7.44. The van der Waals surface area contributed by atoms with E-state index in [-0.39, 0.29) is 0 Å². The van der Waals surface area contributed by atoms with Gasteiger partial charge in [0.1, 0.15) is 0 Å². The Balaban J connectivity index is 2.04. The average Bonchev–Trinajstić information content (AvgIpc) is 2.69. The Morgan fingerprint density at radius 3 is 2.67 bits per heavy atom. The minimum atomic E-state index is 0.492. The molecule has 1 aromatic rings. The van der Waals surface area contributed by atoms with Crippen molar-refractivity contribution in [2.24, 2.45) is 13.0 Å². The maximum Gasteiger partial charge on any atom is 0.0641 e. The van der Waals surface area contributed by atoms with Crippen LogP contribution >= 0.6 is 0 Å². The molecule has 0 saturated heterocycles. The van der Waals surface area contributed by atoms with Crippen LogP contribution in [0.15, 0.2) is 6.20 Å². The lowest BCUT2D eigenvalue weighted by Gasteiger charge is -2.27. The molecule has 18 heavy (non-hydrogen) atoms. The third-order valence-corrected chi connectivity index (χ3v) is 4.17. The Morgan fingerprint density at radius 2 is 2.11 bits per heavy atom. The standard InChI is InChI=1S/C15H27N3/c1-4-16-15(10-13-8-6-5-7-9-13)14-11-18(3)17-12(14)2/h11,13,15-16H,4-10H2,1-3H3. The van der Waals surface area contributed by atoms with Gasteiger partial charge in [0.25, 0.3) is 0 Å². The average molecular weight is 249 g/mol. The van der Waals surface area contributed by atoms with Gasteiger partial charge in [-0.2, -0.15) is 5.10 Å². The van der Waals surface area contributed by atoms with Crippen LogP contribution in [0.4, 0.5) is 0 Å². The maximum atomic E-state index is 4.48. The van der Waals surface area contributed by atoms with Crippen molar-refractivity contribution in [3.63, 3.8) is 0 Å². The third kappa shape index (κ3) is 3.35. The predicted molar refractivity (Wildman–Crippen MR) is 75.6 cm³/mol. The molecule has 1 aliphatic rings. The summed E-state index contributed by atoms with van der Waals surface area (Å²) in [6.07, 6.45) is 10.6. The molecular formula is C15H27N3. The van der Waals surface area contributed by atoms with E-state index < -0.39 is 0 Å². The van der Waals surface area contributed by atoms with Gasteiger partial charge in [-0.25, -0.2) is 0 Å². The van der Waals surface area contributed by atoms with Crippen molar-refractivity contribution < 1.29 is 0 Å². The number of aromatic nitrogens is 2. The summed E-state index contributed by atoms with van der Waals surface area (Å²) in [4.78, 5) is 0. The van der Waals surface area contributed by atoms with Crippen molar-refractivity contribution in [1.82, 2.24) is 15.1 Å². The van der Waals surface area contributed by atoms with E-state index in [2.05, 4.69) is 30.5 Å². The summed E-state index contributed by atoms with van der Waals surface area (Å²) in [6.45, 7) is 5.35. The zero-order valence-corrected chi connectivity index (χ0v) is 12.1. The van der Waals surface area contributed by atoms with E-state index in [9.17, 15) is 0 Å². The van der Waals surface area contributed by atoms with E-state index in [0.29, 0.717) is 6.04 Å². The minimum absolute atomic E-state index is 0.492. The van der Waals surface area contributed by atoms with Gasteiger partial charge < -0.3 is 5.32 Å². The molecule has 3 heteroatoms. The molecule has 0 amide bonds. The van der Waals surface area contributed by atoms with Crippen molar-refractivity contribution in [1.29, 1.82) is 0 Å². The zero-order chi connectivity index (χ0) is 13.0. The molecule has 1 heterocycles. The summed E-state index contributed by atoms with van der Waals surface area (Å²) in [5.74, 6) is 0.905. The van der Waals surface area contributed by atoms with Gasteiger partial charge in [0.05, 0.1) is 5.69 Å². The summed E-state index contributed by atoms with van der Waals surface area (Å²) in [5.41, 5.74) is 2.57. The quantitative estimate of drug-likeness (QED) is 0.867. The van der Waals surface area contributed by atoms with Gasteiger partial charge in [-0.05, 0) is 25.8 Å². The van der Waals surface area contributed by atoms with E-state index in [1.54, 1.807) is 0 Å². The predicted octanol–water partition coefficient (Wildman–Crippen LogP) is 3.35. The molecule has 0 bridgehead atoms. The molecular weight excluding hydrogens is 222 g/mol. The van der Waals surface area contributed by atoms with Crippen molar-refractivity contribution in [3.8, 4) is 0 Å². The number of hydrogen-bond donors (Lipinski definition) is 1. The smallest absolute Gasteiger partial charge is 0.0641 e. The summed E-state index contributed by atoms with van der Waals surface area (Å²) in [7, 11) is 2.01. The second kappa shape index (κ2) is 6.37. The van der Waals surface area contributed by atoms with Crippen LogP contribution in [-0.4, -0.2) is 16.3 Å². The minimum Gasteiger partial charge on any atom is -0.310 e. The molecule has 1 N–H and O–H groups in total. The van der Waals surface area contributed by atoms with Gasteiger partial charge in [-0.15, -0.1) is 0 Å². The van der Waals surface area contributed by atoms with Crippen LogP contribution in [0.25, 0.3) is 0 Å². The molecule has 1 atom stereocenters. The van der Waals surface area contributed by atoms with Crippen LogP contribution in [0, 0.1) is 12.8 Å². The maximum absolute atomic E-state index is 4.48. The first kappa shape index (κ1) is 13.6. The van der Waals surface area contributed by atoms with Crippen molar-refractivity contribution in [2.75, 3.05) is 6.54 Å². The number of nitrogens with one attached hydrogen (secondary N) is 1. The second-order valence-electron chi connectivity index (χ2n) is 5.69. The van der Waals surface area contributed by atoms with Gasteiger partial charge in [-0.3, -0.25) is 4.68 Å². The van der Waals surface area contributed by atoms with Gasteiger partial charge in [0, 0.05) is 24.8 Å². The number of rotatable bonds is 5. The van der Waals surface area contributed by atoms with Crippen molar-refractivity contribution in [2.45, 2.75) is 58.4 Å². The van der Waals surface area contributed by atoms with Crippen LogP contribution in [0.3, 0.4) is 0 Å². The SMILES string of the molecule is CCNC(CC1CCCCC1)c1cn(C)nc1C. The van der Waals surface area contributed by atoms with E-state index in [4.69, 9.17) is 0 Å². The Morgan fingerprint density at radius 1 is 1.39 bits per heavy atom. The Labute approximate surface area is 111 Å². The molecule has 0 radical (unpaired) electrons. The fourth-order valence-corrected chi connectivity index (χ4v) is 3.28. The summed E-state index contributed by atoms with van der Waals surface area (Å²) >= 11 is 0. The fourth-order valence-electron chi connectivity index (χ4n) is 3.28. The molecule has 102 valence electrons. The third-order valence-electron chi connectivity index (χ3n) is 4.17. The van der Waals surface area contributed by atoms with Crippen molar-refractivity contribution >= 4 is 0 Å². The molecule has 1 aliphatic carbocycles. The summed E-state index contributed by atoms with van der Waals surface area (Å²) < 4.78 is 1.94. The lowest BCUT2D eigenvalue weighted by atomic mass is 9.83. The van der Waals surface area contributed by atoms with E-state index >= 15 is 0 Å². The highest BCUT2D eigenvalue weighted by atomic mass is 15.3. The molecule has 2 rings (SSSR count). The van der Waals surface area contributed by atoms with Crippen LogP contribution in [0.2, 0.25) is 0 Å². The Bertz CT molecular complexity index is 364. The number of nitrogens with zero attached hydrogens (tertiary/aromatic N) is 2. The molecule has 0 spiro atoms. The molecule has 1 aromatic heterocycles. The molecule has 1 unspecified atom stereocenters. The van der Waals surface area contributed by atoms with Crippen LogP contribution < -0.4 is 5.32 Å². The lowest BCUT2D eigenvalue weighted by Crippen LogP contribution is -2.24. The van der Waals surface area contributed by atoms with Crippen LogP contribution in [0.5, 0.6) is 0 Å². The highest BCUT2D eigenvalue weighted by molar-refractivity contribution is 5.20. The molecule has 3 nitrogen and oxygen atoms in total. The molecule has 0 aliphatic heterocycles. The van der Waals surface area contributed by atoms with Crippen LogP contribution in [-0.2, 0) is 7.05 Å². The normalized spacial score (nSPS) is 19.1. The summed E-state index contributed by atoms with van der Waals surface area (Å²) in [5, 5.41) is 8.13. The fraction of sp³-hybridized carbons (Fsp3) is 0.800. The van der Waals surface area contributed by atoms with Gasteiger partial charge in [0.2, 0.25) is 0 Å². The second-order valence-corrected chi connectivity index (χ2v) is 5.69. The lowest BCUT2D eigenvalue weighted by molar-refractivity contribution is 0.301. The topological polar surface area (TPSA) is 29.9 Å². The molecule has 0 aromatic carbocycles. The van der Waals surface area contributed by atoms with Crippen molar-refractivity contribution in [3.05, 3.63) is 17.5 Å². The Hall–Kier alpha value is -0.830. The van der Waals surface area contributed by atoms with E-state index in [1.807, 2.05) is 11.7 Å². The number of hydrogen-bond acceptors (Lipinski definition) is 2. The Kier molecular flexibility index (Phi) is 4.81. The first-order chi connectivity index (χ1) is 8.70.